The third-order valence-electron chi connectivity index (χ3n) is 10.6. The first-order valence-corrected chi connectivity index (χ1v) is 11.3. The minimum atomic E-state index is 0.628. The quantitative estimate of drug-likeness (QED) is 0.375. The third-order valence-corrected chi connectivity index (χ3v) is 10.6. The molecule has 0 heterocycles. The van der Waals surface area contributed by atoms with Crippen molar-refractivity contribution in [2.24, 2.45) is 46.3 Å². The summed E-state index contributed by atoms with van der Waals surface area (Å²) in [4.78, 5) is 0. The zero-order chi connectivity index (χ0) is 18.1. The molecular formula is C24H41B. The lowest BCUT2D eigenvalue weighted by molar-refractivity contribution is -0.107. The Balaban J connectivity index is 1.56. The molecule has 0 radical (unpaired) electrons. The van der Waals surface area contributed by atoms with Crippen molar-refractivity contribution in [2.75, 3.05) is 0 Å². The Bertz CT molecular complexity index is 502. The van der Waals surface area contributed by atoms with Crippen LogP contribution in [0, 0.1) is 46.3 Å². The van der Waals surface area contributed by atoms with E-state index in [1.807, 2.05) is 0 Å². The highest BCUT2D eigenvalue weighted by atomic mass is 14.6. The third kappa shape index (κ3) is 2.46. The van der Waals surface area contributed by atoms with E-state index >= 15 is 0 Å². The van der Waals surface area contributed by atoms with E-state index in [9.17, 15) is 0 Å². The Labute approximate surface area is 157 Å². The van der Waals surface area contributed by atoms with Crippen molar-refractivity contribution < 1.29 is 0 Å². The second kappa shape index (κ2) is 5.90. The lowest BCUT2D eigenvalue weighted by Gasteiger charge is -2.66. The summed E-state index contributed by atoms with van der Waals surface area (Å²) in [6, 6.07) is 0. The number of rotatable bonds is 4. The van der Waals surface area contributed by atoms with Gasteiger partial charge >= 0.3 is 0 Å². The van der Waals surface area contributed by atoms with Gasteiger partial charge in [0.15, 0.2) is 6.71 Å². The zero-order valence-corrected chi connectivity index (χ0v) is 17.9. The van der Waals surface area contributed by atoms with Crippen LogP contribution >= 0.6 is 0 Å². The Morgan fingerprint density at radius 2 is 1.24 bits per heavy atom. The average molecular weight is 340 g/mol. The molecule has 140 valence electrons. The molecule has 6 fully saturated rings. The number of hydrogen-bond donors (Lipinski definition) is 0. The van der Waals surface area contributed by atoms with Crippen molar-refractivity contribution >= 4 is 6.71 Å². The molecule has 25 heavy (non-hydrogen) atoms. The van der Waals surface area contributed by atoms with Crippen molar-refractivity contribution in [2.45, 2.75) is 92.1 Å². The molecule has 0 aromatic carbocycles. The van der Waals surface area contributed by atoms with Crippen LogP contribution in [0.15, 0.2) is 12.2 Å². The van der Waals surface area contributed by atoms with Crippen molar-refractivity contribution in [1.82, 2.24) is 0 Å². The molecule has 0 aromatic heterocycles. The fourth-order valence-electron chi connectivity index (χ4n) is 8.47. The van der Waals surface area contributed by atoms with E-state index < -0.39 is 0 Å². The van der Waals surface area contributed by atoms with E-state index in [-0.39, 0.29) is 0 Å². The maximum atomic E-state index is 2.62. The van der Waals surface area contributed by atoms with Crippen molar-refractivity contribution in [1.29, 1.82) is 0 Å². The van der Waals surface area contributed by atoms with E-state index in [0.717, 1.165) is 53.9 Å². The van der Waals surface area contributed by atoms with Gasteiger partial charge in [0, 0.05) is 0 Å². The highest BCUT2D eigenvalue weighted by molar-refractivity contribution is 6.62. The lowest BCUT2D eigenvalue weighted by Crippen LogP contribution is -2.59. The van der Waals surface area contributed by atoms with Crippen LogP contribution in [0.4, 0.5) is 0 Å². The predicted octanol–water partition coefficient (Wildman–Crippen LogP) is 7.20. The number of hydrogen-bond acceptors (Lipinski definition) is 0. The second-order valence-corrected chi connectivity index (χ2v) is 11.7. The minimum absolute atomic E-state index is 0.628. The summed E-state index contributed by atoms with van der Waals surface area (Å²) in [7, 11) is 0. The highest BCUT2D eigenvalue weighted by Gasteiger charge is 2.61. The van der Waals surface area contributed by atoms with Gasteiger partial charge in [0.05, 0.1) is 0 Å². The van der Waals surface area contributed by atoms with Gasteiger partial charge in [-0.15, -0.1) is 0 Å². The Kier molecular flexibility index (Phi) is 4.29. The van der Waals surface area contributed by atoms with Gasteiger partial charge in [-0.05, 0) is 66.1 Å². The molecule has 6 rings (SSSR count). The fourth-order valence-corrected chi connectivity index (χ4v) is 8.47. The van der Waals surface area contributed by atoms with Crippen LogP contribution in [0.1, 0.15) is 74.1 Å². The van der Waals surface area contributed by atoms with E-state index in [2.05, 4.69) is 60.6 Å². The molecular weight excluding hydrogens is 299 g/mol. The zero-order valence-electron chi connectivity index (χ0n) is 17.9. The molecule has 0 N–H and O–H groups in total. The fraction of sp³-hybridized carbons (Fsp3) is 0.917. The summed E-state index contributed by atoms with van der Waals surface area (Å²) in [6.45, 7) is 18.6. The first kappa shape index (κ1) is 18.2. The average Bonchev–Trinajstić information content (AvgIpc) is 2.56. The molecule has 6 saturated carbocycles. The minimum Gasteiger partial charge on any atom is -0.0960 e. The Morgan fingerprint density at radius 3 is 1.56 bits per heavy atom. The highest BCUT2D eigenvalue weighted by Crippen LogP contribution is 2.69. The van der Waals surface area contributed by atoms with Gasteiger partial charge < -0.3 is 0 Å². The van der Waals surface area contributed by atoms with Crippen molar-refractivity contribution in [3.8, 4) is 0 Å². The van der Waals surface area contributed by atoms with Gasteiger partial charge in [-0.2, -0.15) is 0 Å². The molecule has 8 atom stereocenters. The maximum Gasteiger partial charge on any atom is 0.150 e. The molecule has 1 heteroatoms. The monoisotopic (exact) mass is 340 g/mol. The van der Waals surface area contributed by atoms with E-state index in [1.54, 1.807) is 0 Å². The van der Waals surface area contributed by atoms with Crippen LogP contribution in [0.2, 0.25) is 18.0 Å². The summed E-state index contributed by atoms with van der Waals surface area (Å²) in [5.74, 6) is 7.86. The molecule has 4 bridgehead atoms. The SMILES string of the molecule is C/C=C\CB([C@H]1C[C@H]2C[C@@H]([C@@H]1C)C2(C)C)[C@H]1C[C@H]2C[C@@H]([C@@H]1C)C2(C)C. The Morgan fingerprint density at radius 1 is 0.800 bits per heavy atom. The topological polar surface area (TPSA) is 0 Å². The molecule has 0 saturated heterocycles. The van der Waals surface area contributed by atoms with E-state index in [1.165, 1.54) is 32.0 Å². The first-order chi connectivity index (χ1) is 11.7. The van der Waals surface area contributed by atoms with Crippen LogP contribution in [0.5, 0.6) is 0 Å². The standard InChI is InChI=1S/C24H41B/c1-8-9-10-25(21-13-17-11-19(15(21)2)23(17,4)5)22-14-18-12-20(16(22)3)24(18,6)7/h8-9,15-22H,10-14H2,1-7H3/b9-8-/t15-,16-,17+,18+,19-,20-,21-,22-/m0/s1. The molecule has 6 aliphatic rings. The molecule has 0 unspecified atom stereocenters. The lowest BCUT2D eigenvalue weighted by atomic mass is 9.20. The molecule has 0 spiro atoms. The van der Waals surface area contributed by atoms with Gasteiger partial charge in [-0.25, -0.2) is 0 Å². The summed E-state index contributed by atoms with van der Waals surface area (Å²) >= 11 is 0. The van der Waals surface area contributed by atoms with Gasteiger partial charge in [0.1, 0.15) is 0 Å². The van der Waals surface area contributed by atoms with Crippen LogP contribution in [0.3, 0.4) is 0 Å². The van der Waals surface area contributed by atoms with Gasteiger partial charge in [0.25, 0.3) is 0 Å². The number of allylic oxidation sites excluding steroid dienone is 2. The number of fused-ring (bicyclic) bond motifs is 4. The van der Waals surface area contributed by atoms with Crippen molar-refractivity contribution in [3.63, 3.8) is 0 Å². The van der Waals surface area contributed by atoms with Crippen molar-refractivity contribution in [3.05, 3.63) is 12.2 Å². The molecule has 6 aliphatic carbocycles. The summed E-state index contributed by atoms with van der Waals surface area (Å²) in [5.41, 5.74) is 1.26. The van der Waals surface area contributed by atoms with Crippen LogP contribution in [-0.2, 0) is 0 Å². The van der Waals surface area contributed by atoms with E-state index in [4.69, 9.17) is 0 Å². The molecule has 0 nitrogen and oxygen atoms in total. The largest absolute Gasteiger partial charge is 0.150 e. The van der Waals surface area contributed by atoms with Crippen LogP contribution in [-0.4, -0.2) is 6.71 Å². The summed E-state index contributed by atoms with van der Waals surface area (Å²) < 4.78 is 0. The first-order valence-electron chi connectivity index (χ1n) is 11.3. The molecule has 0 aromatic rings. The van der Waals surface area contributed by atoms with Crippen LogP contribution in [0.25, 0.3) is 0 Å². The maximum absolute atomic E-state index is 2.62. The molecule has 0 aliphatic heterocycles. The smallest absolute Gasteiger partial charge is 0.0960 e. The van der Waals surface area contributed by atoms with Gasteiger partial charge in [-0.3, -0.25) is 0 Å². The predicted molar refractivity (Wildman–Crippen MR) is 111 cm³/mol. The second-order valence-electron chi connectivity index (χ2n) is 11.7. The van der Waals surface area contributed by atoms with E-state index in [0.29, 0.717) is 10.8 Å². The Hall–Kier alpha value is -0.195. The van der Waals surface area contributed by atoms with Gasteiger partial charge in [-0.1, -0.05) is 84.5 Å². The van der Waals surface area contributed by atoms with Gasteiger partial charge in [0.2, 0.25) is 0 Å². The molecule has 0 amide bonds. The normalized spacial score (nSPS) is 49.4. The summed E-state index contributed by atoms with van der Waals surface area (Å²) in [5, 5.41) is 0. The summed E-state index contributed by atoms with van der Waals surface area (Å²) in [6.07, 6.45) is 12.3. The van der Waals surface area contributed by atoms with Crippen LogP contribution < -0.4 is 0 Å².